The SMILES string of the molecule is CC(C)(C)OC(=O)[C@H](Cc1ccnnc1)NC(=O)OCC1c2ccccc2-c2ccccc21. The lowest BCUT2D eigenvalue weighted by Gasteiger charge is -2.24. The molecule has 0 fully saturated rings. The molecule has 0 saturated heterocycles. The molecule has 1 N–H and O–H groups in total. The molecule has 33 heavy (non-hydrogen) atoms. The molecular formula is C26H27N3O4. The minimum Gasteiger partial charge on any atom is -0.458 e. The van der Waals surface area contributed by atoms with Crippen molar-refractivity contribution in [1.29, 1.82) is 0 Å². The Kier molecular flexibility index (Phi) is 6.40. The number of alkyl carbamates (subject to hydrolysis) is 1. The van der Waals surface area contributed by atoms with Crippen molar-refractivity contribution in [3.63, 3.8) is 0 Å². The number of rotatable bonds is 6. The number of nitrogens with one attached hydrogen (secondary N) is 1. The van der Waals surface area contributed by atoms with Crippen molar-refractivity contribution in [3.8, 4) is 11.1 Å². The number of carbonyl (C=O) groups excluding carboxylic acids is 2. The van der Waals surface area contributed by atoms with Crippen LogP contribution < -0.4 is 5.32 Å². The van der Waals surface area contributed by atoms with Crippen molar-refractivity contribution in [2.75, 3.05) is 6.61 Å². The number of hydrogen-bond acceptors (Lipinski definition) is 6. The normalized spacial score (nSPS) is 13.5. The zero-order chi connectivity index (χ0) is 23.4. The third kappa shape index (κ3) is 5.37. The highest BCUT2D eigenvalue weighted by atomic mass is 16.6. The molecule has 0 radical (unpaired) electrons. The lowest BCUT2D eigenvalue weighted by molar-refractivity contribution is -0.157. The van der Waals surface area contributed by atoms with E-state index in [9.17, 15) is 9.59 Å². The molecule has 0 saturated carbocycles. The Morgan fingerprint density at radius 1 is 0.970 bits per heavy atom. The van der Waals surface area contributed by atoms with E-state index in [1.54, 1.807) is 33.0 Å². The van der Waals surface area contributed by atoms with Crippen LogP contribution in [-0.4, -0.2) is 40.5 Å². The average Bonchev–Trinajstić information content (AvgIpc) is 3.11. The first-order valence-electron chi connectivity index (χ1n) is 10.9. The van der Waals surface area contributed by atoms with E-state index in [0.717, 1.165) is 27.8 Å². The molecule has 3 aromatic rings. The highest BCUT2D eigenvalue weighted by Crippen LogP contribution is 2.44. The van der Waals surface area contributed by atoms with Gasteiger partial charge in [0.05, 0.1) is 6.20 Å². The van der Waals surface area contributed by atoms with Crippen molar-refractivity contribution in [2.45, 2.75) is 44.8 Å². The maximum absolute atomic E-state index is 12.8. The summed E-state index contributed by atoms with van der Waals surface area (Å²) in [5, 5.41) is 10.3. The van der Waals surface area contributed by atoms with Gasteiger partial charge in [-0.2, -0.15) is 10.2 Å². The number of benzene rings is 2. The molecule has 7 nitrogen and oxygen atoms in total. The second-order valence-electron chi connectivity index (χ2n) is 9.01. The Morgan fingerprint density at radius 3 is 2.18 bits per heavy atom. The zero-order valence-corrected chi connectivity index (χ0v) is 18.9. The predicted octanol–water partition coefficient (Wildman–Crippen LogP) is 4.27. The smallest absolute Gasteiger partial charge is 0.407 e. The number of fused-ring (bicyclic) bond motifs is 3. The van der Waals surface area contributed by atoms with Crippen LogP contribution in [0.4, 0.5) is 4.79 Å². The van der Waals surface area contributed by atoms with E-state index >= 15 is 0 Å². The van der Waals surface area contributed by atoms with Crippen LogP contribution >= 0.6 is 0 Å². The summed E-state index contributed by atoms with van der Waals surface area (Å²) in [4.78, 5) is 25.5. The first-order valence-corrected chi connectivity index (χ1v) is 10.9. The summed E-state index contributed by atoms with van der Waals surface area (Å²) in [6, 6.07) is 17.1. The first-order chi connectivity index (χ1) is 15.8. The Hall–Kier alpha value is -3.74. The second-order valence-corrected chi connectivity index (χ2v) is 9.01. The van der Waals surface area contributed by atoms with Gasteiger partial charge in [-0.1, -0.05) is 48.5 Å². The molecule has 2 aromatic carbocycles. The molecule has 7 heteroatoms. The topological polar surface area (TPSA) is 90.4 Å². The van der Waals surface area contributed by atoms with E-state index in [4.69, 9.17) is 9.47 Å². The first kappa shape index (κ1) is 22.5. The monoisotopic (exact) mass is 445 g/mol. The number of ether oxygens (including phenoxy) is 2. The van der Waals surface area contributed by atoms with Gasteiger partial charge in [-0.25, -0.2) is 9.59 Å². The van der Waals surface area contributed by atoms with Crippen LogP contribution in [0.2, 0.25) is 0 Å². The van der Waals surface area contributed by atoms with Gasteiger partial charge in [-0.05, 0) is 54.7 Å². The molecule has 170 valence electrons. The molecule has 1 aliphatic rings. The number of amides is 1. The Bertz CT molecular complexity index is 1100. The van der Waals surface area contributed by atoms with Crippen molar-refractivity contribution < 1.29 is 19.1 Å². The summed E-state index contributed by atoms with van der Waals surface area (Å²) < 4.78 is 11.1. The van der Waals surface area contributed by atoms with Crippen LogP contribution in [0, 0.1) is 0 Å². The third-order valence-electron chi connectivity index (χ3n) is 5.41. The van der Waals surface area contributed by atoms with Gasteiger partial charge in [0, 0.05) is 18.5 Å². The lowest BCUT2D eigenvalue weighted by atomic mass is 9.98. The predicted molar refractivity (Wildman–Crippen MR) is 124 cm³/mol. The molecule has 0 bridgehead atoms. The van der Waals surface area contributed by atoms with Crippen LogP contribution in [0.1, 0.15) is 43.4 Å². The van der Waals surface area contributed by atoms with Crippen LogP contribution in [0.3, 0.4) is 0 Å². The molecule has 1 amide bonds. The lowest BCUT2D eigenvalue weighted by Crippen LogP contribution is -2.46. The second kappa shape index (κ2) is 9.40. The van der Waals surface area contributed by atoms with E-state index in [0.29, 0.717) is 0 Å². The quantitative estimate of drug-likeness (QED) is 0.570. The highest BCUT2D eigenvalue weighted by Gasteiger charge is 2.31. The summed E-state index contributed by atoms with van der Waals surface area (Å²) in [7, 11) is 0. The summed E-state index contributed by atoms with van der Waals surface area (Å²) in [5.41, 5.74) is 4.61. The number of aromatic nitrogens is 2. The fraction of sp³-hybridized carbons (Fsp3) is 0.308. The molecule has 0 aliphatic heterocycles. The van der Waals surface area contributed by atoms with E-state index in [1.165, 1.54) is 6.20 Å². The third-order valence-corrected chi connectivity index (χ3v) is 5.41. The average molecular weight is 446 g/mol. The molecular weight excluding hydrogens is 418 g/mol. The molecule has 1 atom stereocenters. The maximum atomic E-state index is 12.8. The summed E-state index contributed by atoms with van der Waals surface area (Å²) in [5.74, 6) is -0.597. The Morgan fingerprint density at radius 2 is 1.61 bits per heavy atom. The largest absolute Gasteiger partial charge is 0.458 e. The van der Waals surface area contributed by atoms with Gasteiger partial charge < -0.3 is 14.8 Å². The van der Waals surface area contributed by atoms with Crippen molar-refractivity contribution in [2.24, 2.45) is 0 Å². The van der Waals surface area contributed by atoms with Gasteiger partial charge >= 0.3 is 12.1 Å². The minimum absolute atomic E-state index is 0.0625. The summed E-state index contributed by atoms with van der Waals surface area (Å²) in [6.45, 7) is 5.51. The van der Waals surface area contributed by atoms with Gasteiger partial charge in [0.15, 0.2) is 0 Å². The molecule has 0 spiro atoms. The molecule has 1 aliphatic carbocycles. The molecule has 1 aromatic heterocycles. The number of esters is 1. The highest BCUT2D eigenvalue weighted by molar-refractivity contribution is 5.82. The van der Waals surface area contributed by atoms with Crippen molar-refractivity contribution in [3.05, 3.63) is 83.7 Å². The molecule has 4 rings (SSSR count). The van der Waals surface area contributed by atoms with E-state index in [2.05, 4.69) is 39.8 Å². The van der Waals surface area contributed by atoms with Crippen molar-refractivity contribution >= 4 is 12.1 Å². The number of hydrogen-bond donors (Lipinski definition) is 1. The van der Waals surface area contributed by atoms with Crippen LogP contribution in [0.25, 0.3) is 11.1 Å². The van der Waals surface area contributed by atoms with Gasteiger partial charge in [-0.3, -0.25) is 0 Å². The van der Waals surface area contributed by atoms with Gasteiger partial charge in [-0.15, -0.1) is 0 Å². The number of nitrogens with zero attached hydrogens (tertiary/aromatic N) is 2. The van der Waals surface area contributed by atoms with Gasteiger partial charge in [0.1, 0.15) is 18.2 Å². The Balaban J connectivity index is 1.46. The zero-order valence-electron chi connectivity index (χ0n) is 18.9. The number of carbonyl (C=O) groups is 2. The van der Waals surface area contributed by atoms with Crippen LogP contribution in [-0.2, 0) is 20.7 Å². The van der Waals surface area contributed by atoms with Gasteiger partial charge in [0.2, 0.25) is 0 Å². The molecule has 0 unspecified atom stereocenters. The summed E-state index contributed by atoms with van der Waals surface area (Å²) >= 11 is 0. The van der Waals surface area contributed by atoms with E-state index < -0.39 is 23.7 Å². The molecule has 1 heterocycles. The van der Waals surface area contributed by atoms with E-state index in [1.807, 2.05) is 24.3 Å². The maximum Gasteiger partial charge on any atom is 0.407 e. The fourth-order valence-corrected chi connectivity index (χ4v) is 4.02. The van der Waals surface area contributed by atoms with Crippen molar-refractivity contribution in [1.82, 2.24) is 15.5 Å². The van der Waals surface area contributed by atoms with E-state index in [-0.39, 0.29) is 18.9 Å². The van der Waals surface area contributed by atoms with Crippen LogP contribution in [0.5, 0.6) is 0 Å². The fourth-order valence-electron chi connectivity index (χ4n) is 4.02. The minimum atomic E-state index is -0.913. The Labute approximate surface area is 193 Å². The van der Waals surface area contributed by atoms with Gasteiger partial charge in [0.25, 0.3) is 0 Å². The van der Waals surface area contributed by atoms with Crippen LogP contribution in [0.15, 0.2) is 67.0 Å². The summed E-state index contributed by atoms with van der Waals surface area (Å²) in [6.07, 6.45) is 2.63. The standard InChI is InChI=1S/C26H27N3O4/c1-26(2,3)33-24(30)23(14-17-12-13-27-28-15-17)29-25(31)32-16-22-20-10-6-4-8-18(20)19-9-5-7-11-21(19)22/h4-13,15,22-23H,14,16H2,1-3H3,(H,29,31)/t23-/m0/s1.